The number of ether oxygens (including phenoxy) is 1. The minimum absolute atomic E-state index is 0.0933. The number of fused-ring (bicyclic) bond motifs is 2. The second-order valence-electron chi connectivity index (χ2n) is 6.53. The maximum atomic E-state index is 12.4. The van der Waals surface area contributed by atoms with Crippen molar-refractivity contribution >= 4 is 51.6 Å². The van der Waals surface area contributed by atoms with E-state index in [-0.39, 0.29) is 18.3 Å². The van der Waals surface area contributed by atoms with Gasteiger partial charge >= 0.3 is 11.9 Å². The smallest absolute Gasteiger partial charge is 0.325 e. The topological polar surface area (TPSA) is 85.8 Å². The average Bonchev–Trinajstić information content (AvgIpc) is 3.30. The Morgan fingerprint density at radius 2 is 2.07 bits per heavy atom. The van der Waals surface area contributed by atoms with Crippen molar-refractivity contribution in [3.63, 3.8) is 0 Å². The zero-order valence-electron chi connectivity index (χ0n) is 16.1. The number of furan rings is 1. The van der Waals surface area contributed by atoms with Crippen LogP contribution >= 0.6 is 11.6 Å². The molecule has 0 unspecified atom stereocenters. The minimum Gasteiger partial charge on any atom is -0.465 e. The predicted molar refractivity (Wildman–Crippen MR) is 115 cm³/mol. The molecule has 30 heavy (non-hydrogen) atoms. The Bertz CT molecular complexity index is 1270. The minimum atomic E-state index is -0.478. The molecule has 0 fully saturated rings. The van der Waals surface area contributed by atoms with E-state index in [1.54, 1.807) is 42.0 Å². The number of hydrogen-bond acceptors (Lipinski definition) is 5. The van der Waals surface area contributed by atoms with E-state index in [4.69, 9.17) is 20.8 Å². The van der Waals surface area contributed by atoms with Crippen molar-refractivity contribution in [2.75, 3.05) is 6.61 Å². The van der Waals surface area contributed by atoms with E-state index in [2.05, 4.69) is 10.5 Å². The lowest BCUT2D eigenvalue weighted by Crippen LogP contribution is -2.16. The molecule has 4 rings (SSSR count). The molecule has 0 bridgehead atoms. The van der Waals surface area contributed by atoms with Crippen molar-refractivity contribution in [3.05, 3.63) is 71.1 Å². The lowest BCUT2D eigenvalue weighted by Gasteiger charge is -2.04. The predicted octanol–water partition coefficient (Wildman–Crippen LogP) is 4.37. The molecule has 0 spiro atoms. The van der Waals surface area contributed by atoms with Crippen molar-refractivity contribution in [2.24, 2.45) is 5.10 Å². The molecule has 2 heterocycles. The Labute approximate surface area is 176 Å². The number of benzene rings is 2. The number of hydrazone groups is 1. The SMILES string of the molecule is CCOC(=O)Cn1cc(/C=N\NC(=O)c2cc3cc(Cl)ccc3o2)c2ccccc21. The number of nitrogens with one attached hydrogen (secondary N) is 1. The number of rotatable bonds is 6. The third-order valence-electron chi connectivity index (χ3n) is 4.50. The van der Waals surface area contributed by atoms with Gasteiger partial charge in [0.1, 0.15) is 12.1 Å². The first-order valence-electron chi connectivity index (χ1n) is 9.31. The van der Waals surface area contributed by atoms with Crippen LogP contribution in [0.1, 0.15) is 23.0 Å². The number of carbonyl (C=O) groups is 2. The van der Waals surface area contributed by atoms with Gasteiger partial charge in [-0.1, -0.05) is 29.8 Å². The highest BCUT2D eigenvalue weighted by Crippen LogP contribution is 2.23. The molecule has 0 aliphatic rings. The zero-order chi connectivity index (χ0) is 21.1. The molecule has 0 aliphatic heterocycles. The second-order valence-corrected chi connectivity index (χ2v) is 6.96. The van der Waals surface area contributed by atoms with Crippen LogP contribution in [0.4, 0.5) is 0 Å². The Balaban J connectivity index is 1.53. The number of esters is 1. The third kappa shape index (κ3) is 4.06. The van der Waals surface area contributed by atoms with Gasteiger partial charge in [-0.05, 0) is 37.3 Å². The van der Waals surface area contributed by atoms with E-state index in [0.29, 0.717) is 17.2 Å². The van der Waals surface area contributed by atoms with Gasteiger partial charge in [-0.3, -0.25) is 9.59 Å². The third-order valence-corrected chi connectivity index (χ3v) is 4.73. The summed E-state index contributed by atoms with van der Waals surface area (Å²) >= 11 is 5.96. The average molecular weight is 424 g/mol. The van der Waals surface area contributed by atoms with Gasteiger partial charge in [0.2, 0.25) is 0 Å². The highest BCUT2D eigenvalue weighted by atomic mass is 35.5. The first kappa shape index (κ1) is 19.7. The molecule has 0 atom stereocenters. The van der Waals surface area contributed by atoms with E-state index >= 15 is 0 Å². The van der Waals surface area contributed by atoms with Crippen molar-refractivity contribution in [1.29, 1.82) is 0 Å². The molecule has 2 aromatic carbocycles. The van der Waals surface area contributed by atoms with Gasteiger partial charge in [-0.25, -0.2) is 5.43 Å². The fourth-order valence-corrected chi connectivity index (χ4v) is 3.38. The molecule has 7 nitrogen and oxygen atoms in total. The highest BCUT2D eigenvalue weighted by Gasteiger charge is 2.13. The summed E-state index contributed by atoms with van der Waals surface area (Å²) in [6, 6.07) is 14.3. The molecule has 0 radical (unpaired) electrons. The van der Waals surface area contributed by atoms with Crippen LogP contribution in [-0.4, -0.2) is 29.3 Å². The number of halogens is 1. The van der Waals surface area contributed by atoms with E-state index < -0.39 is 5.91 Å². The van der Waals surface area contributed by atoms with Crippen LogP contribution in [0, 0.1) is 0 Å². The van der Waals surface area contributed by atoms with Crippen molar-refractivity contribution in [3.8, 4) is 0 Å². The van der Waals surface area contributed by atoms with Gasteiger partial charge < -0.3 is 13.7 Å². The van der Waals surface area contributed by atoms with E-state index in [9.17, 15) is 9.59 Å². The van der Waals surface area contributed by atoms with Crippen LogP contribution in [0.3, 0.4) is 0 Å². The van der Waals surface area contributed by atoms with E-state index in [1.807, 2.05) is 24.3 Å². The molecule has 1 N–H and O–H groups in total. The number of hydrogen-bond donors (Lipinski definition) is 1. The highest BCUT2D eigenvalue weighted by molar-refractivity contribution is 6.31. The standard InChI is InChI=1S/C22H18ClN3O4/c1-2-29-21(27)13-26-12-15(17-5-3-4-6-18(17)26)11-24-25-22(28)20-10-14-9-16(23)7-8-19(14)30-20/h3-12H,2,13H2,1H3,(H,25,28)/b24-11-. The van der Waals surface area contributed by atoms with Crippen LogP contribution in [0.2, 0.25) is 5.02 Å². The molecule has 8 heteroatoms. The largest absolute Gasteiger partial charge is 0.465 e. The van der Waals surface area contributed by atoms with Crippen molar-refractivity contribution in [1.82, 2.24) is 9.99 Å². The fraction of sp³-hybridized carbons (Fsp3) is 0.136. The van der Waals surface area contributed by atoms with E-state index in [0.717, 1.165) is 21.9 Å². The molecular formula is C22H18ClN3O4. The molecule has 0 saturated carbocycles. The number of amides is 1. The summed E-state index contributed by atoms with van der Waals surface area (Å²) in [5, 5.41) is 6.24. The quantitative estimate of drug-likeness (QED) is 0.283. The summed E-state index contributed by atoms with van der Waals surface area (Å²) in [5.74, 6) is -0.664. The summed E-state index contributed by atoms with van der Waals surface area (Å²) < 4.78 is 12.3. The van der Waals surface area contributed by atoms with Crippen LogP contribution < -0.4 is 5.43 Å². The van der Waals surface area contributed by atoms with Gasteiger partial charge in [0, 0.05) is 33.1 Å². The molecule has 2 aromatic heterocycles. The van der Waals surface area contributed by atoms with Crippen molar-refractivity contribution < 1.29 is 18.7 Å². The Kier molecular flexibility index (Phi) is 5.54. The molecule has 152 valence electrons. The van der Waals surface area contributed by atoms with Crippen LogP contribution in [0.25, 0.3) is 21.9 Å². The normalized spacial score (nSPS) is 11.4. The van der Waals surface area contributed by atoms with Gasteiger partial charge in [-0.2, -0.15) is 5.10 Å². The summed E-state index contributed by atoms with van der Waals surface area (Å²) in [6.45, 7) is 2.19. The van der Waals surface area contributed by atoms with Crippen LogP contribution in [0.5, 0.6) is 0 Å². The summed E-state index contributed by atoms with van der Waals surface area (Å²) in [7, 11) is 0. The lowest BCUT2D eigenvalue weighted by atomic mass is 10.2. The maximum Gasteiger partial charge on any atom is 0.325 e. The number of nitrogens with zero attached hydrogens (tertiary/aromatic N) is 2. The molecule has 4 aromatic rings. The second kappa shape index (κ2) is 8.42. The van der Waals surface area contributed by atoms with Crippen LogP contribution in [0.15, 0.2) is 64.2 Å². The van der Waals surface area contributed by atoms with Crippen LogP contribution in [-0.2, 0) is 16.1 Å². The van der Waals surface area contributed by atoms with Crippen molar-refractivity contribution in [2.45, 2.75) is 13.5 Å². The fourth-order valence-electron chi connectivity index (χ4n) is 3.20. The summed E-state index contributed by atoms with van der Waals surface area (Å²) in [4.78, 5) is 24.2. The Morgan fingerprint density at radius 3 is 2.90 bits per heavy atom. The first-order valence-corrected chi connectivity index (χ1v) is 9.69. The monoisotopic (exact) mass is 423 g/mol. The molecule has 1 amide bonds. The summed E-state index contributed by atoms with van der Waals surface area (Å²) in [6.07, 6.45) is 3.32. The van der Waals surface area contributed by atoms with Gasteiger partial charge in [0.15, 0.2) is 5.76 Å². The van der Waals surface area contributed by atoms with Gasteiger partial charge in [0.05, 0.1) is 12.8 Å². The molecule has 0 saturated heterocycles. The molecular weight excluding hydrogens is 406 g/mol. The first-order chi connectivity index (χ1) is 14.5. The van der Waals surface area contributed by atoms with Gasteiger partial charge in [0.25, 0.3) is 0 Å². The number of carbonyl (C=O) groups excluding carboxylic acids is 2. The Morgan fingerprint density at radius 1 is 1.23 bits per heavy atom. The lowest BCUT2D eigenvalue weighted by molar-refractivity contribution is -0.143. The summed E-state index contributed by atoms with van der Waals surface area (Å²) in [5.41, 5.74) is 4.65. The number of para-hydroxylation sites is 1. The Hall–Kier alpha value is -3.58. The molecule has 0 aliphatic carbocycles. The van der Waals surface area contributed by atoms with E-state index in [1.165, 1.54) is 6.21 Å². The van der Waals surface area contributed by atoms with Gasteiger partial charge in [-0.15, -0.1) is 0 Å². The zero-order valence-corrected chi connectivity index (χ0v) is 16.8. The maximum absolute atomic E-state index is 12.4. The number of aromatic nitrogens is 1.